The zero-order valence-corrected chi connectivity index (χ0v) is 15.3. The molecule has 0 atom stereocenters. The minimum Gasteiger partial charge on any atom is -0.308 e. The molecule has 0 saturated carbocycles. The van der Waals surface area contributed by atoms with Gasteiger partial charge in [0, 0.05) is 23.2 Å². The lowest BCUT2D eigenvalue weighted by Gasteiger charge is -2.28. The van der Waals surface area contributed by atoms with Crippen molar-refractivity contribution in [2.45, 2.75) is 85.2 Å². The molecule has 0 heterocycles. The summed E-state index contributed by atoms with van der Waals surface area (Å²) >= 11 is 0. The molecule has 0 aliphatic rings. The van der Waals surface area contributed by atoms with Crippen molar-refractivity contribution in [3.63, 3.8) is 0 Å². The first-order valence-electron chi connectivity index (χ1n) is 7.82. The van der Waals surface area contributed by atoms with Gasteiger partial charge in [-0.05, 0) is 37.2 Å². The molecule has 21 heavy (non-hydrogen) atoms. The highest BCUT2D eigenvalue weighted by molar-refractivity contribution is 5.49. The van der Waals surface area contributed by atoms with E-state index in [0.29, 0.717) is 0 Å². The van der Waals surface area contributed by atoms with Crippen LogP contribution in [0, 0.1) is 0 Å². The Morgan fingerprint density at radius 2 is 1.19 bits per heavy atom. The van der Waals surface area contributed by atoms with E-state index in [1.165, 1.54) is 5.56 Å². The second-order valence-corrected chi connectivity index (χ2v) is 9.12. The molecule has 0 bridgehead atoms. The van der Waals surface area contributed by atoms with Gasteiger partial charge in [0.2, 0.25) is 0 Å². The van der Waals surface area contributed by atoms with Gasteiger partial charge in [0.25, 0.3) is 0 Å². The summed E-state index contributed by atoms with van der Waals surface area (Å²) in [5.74, 6) is 0.203. The normalized spacial score (nSPS) is 13.6. The molecule has 0 aliphatic carbocycles. The van der Waals surface area contributed by atoms with Crippen molar-refractivity contribution in [2.75, 3.05) is 0 Å². The molecule has 0 saturated heterocycles. The molecule has 0 spiro atoms. The Balaban J connectivity index is 3.34. The molecule has 1 aromatic carbocycles. The molecule has 1 rings (SSSR count). The highest BCUT2D eigenvalue weighted by atomic mass is 16.3. The summed E-state index contributed by atoms with van der Waals surface area (Å²) in [5, 5.41) is 16.3. The topological polar surface area (TPSA) is 31.9 Å². The largest absolute Gasteiger partial charge is 0.308 e. The average Bonchev–Trinajstić information content (AvgIpc) is 2.23. The molecule has 1 aromatic rings. The molecule has 2 heteroatoms. The summed E-state index contributed by atoms with van der Waals surface area (Å²) < 4.78 is 0. The van der Waals surface area contributed by atoms with Crippen LogP contribution in [0.4, 0.5) is 0 Å². The zero-order valence-electron chi connectivity index (χ0n) is 15.3. The highest BCUT2D eigenvalue weighted by Crippen LogP contribution is 2.40. The lowest BCUT2D eigenvalue weighted by atomic mass is 9.78. The summed E-state index contributed by atoms with van der Waals surface area (Å²) in [6.07, 6.45) is 0. The summed E-state index contributed by atoms with van der Waals surface area (Å²) in [7, 11) is 0. The number of hydrogen-bond acceptors (Lipinski definition) is 1. The first-order chi connectivity index (χ1) is 9.22. The Labute approximate surface area is 131 Å². The van der Waals surface area contributed by atoms with E-state index in [0.717, 1.165) is 17.7 Å². The van der Waals surface area contributed by atoms with Gasteiger partial charge >= 0.3 is 0 Å². The molecule has 1 radical (unpaired) electrons. The Kier molecular flexibility index (Phi) is 4.84. The van der Waals surface area contributed by atoms with Gasteiger partial charge in [0.05, 0.1) is 0 Å². The van der Waals surface area contributed by atoms with Crippen molar-refractivity contribution in [1.82, 2.24) is 5.32 Å². The zero-order chi connectivity index (χ0) is 16.6. The number of hydrogen-bond donors (Lipinski definition) is 1. The van der Waals surface area contributed by atoms with E-state index in [1.54, 1.807) is 0 Å². The van der Waals surface area contributed by atoms with Crippen molar-refractivity contribution < 1.29 is 5.11 Å². The van der Waals surface area contributed by atoms with E-state index in [1.807, 2.05) is 0 Å². The predicted octanol–water partition coefficient (Wildman–Crippen LogP) is 5.31. The van der Waals surface area contributed by atoms with Crippen LogP contribution in [0.5, 0.6) is 5.75 Å². The average molecular weight is 290 g/mol. The van der Waals surface area contributed by atoms with Crippen LogP contribution in [0.1, 0.15) is 79.0 Å². The minimum atomic E-state index is -0.130. The van der Waals surface area contributed by atoms with Gasteiger partial charge < -0.3 is 5.32 Å². The Hall–Kier alpha value is -1.02. The lowest BCUT2D eigenvalue weighted by Crippen LogP contribution is -2.35. The lowest BCUT2D eigenvalue weighted by molar-refractivity contribution is 0.326. The SMILES string of the molecule is CC(C)(C)NCc1cc(C(C)(C)C)c([O])c(C(C)(C)C)c1. The molecule has 2 nitrogen and oxygen atoms in total. The van der Waals surface area contributed by atoms with E-state index in [-0.39, 0.29) is 22.1 Å². The molecule has 0 aliphatic heterocycles. The van der Waals surface area contributed by atoms with Gasteiger partial charge in [-0.2, -0.15) is 0 Å². The predicted molar refractivity (Wildman–Crippen MR) is 90.6 cm³/mol. The second-order valence-electron chi connectivity index (χ2n) is 9.12. The van der Waals surface area contributed by atoms with Crippen LogP contribution in [0.2, 0.25) is 0 Å². The van der Waals surface area contributed by atoms with Crippen molar-refractivity contribution in [1.29, 1.82) is 0 Å². The molecule has 1 N–H and O–H groups in total. The van der Waals surface area contributed by atoms with Crippen molar-refractivity contribution >= 4 is 0 Å². The maximum absolute atomic E-state index is 12.8. The van der Waals surface area contributed by atoms with Crippen LogP contribution < -0.4 is 5.32 Å². The van der Waals surface area contributed by atoms with Gasteiger partial charge in [-0.1, -0.05) is 53.7 Å². The van der Waals surface area contributed by atoms with Crippen LogP contribution in [-0.4, -0.2) is 5.54 Å². The number of benzene rings is 1. The maximum atomic E-state index is 12.8. The maximum Gasteiger partial charge on any atom is 0.186 e. The third-order valence-electron chi connectivity index (χ3n) is 3.59. The van der Waals surface area contributed by atoms with Gasteiger partial charge in [-0.3, -0.25) is 5.11 Å². The van der Waals surface area contributed by atoms with Crippen LogP contribution in [0.25, 0.3) is 0 Å². The van der Waals surface area contributed by atoms with E-state index in [2.05, 4.69) is 79.8 Å². The summed E-state index contributed by atoms with van der Waals surface area (Å²) in [6.45, 7) is 19.9. The second kappa shape index (κ2) is 5.64. The minimum absolute atomic E-state index is 0.0694. The standard InChI is InChI=1S/C19H32NO/c1-17(2,3)14-10-13(12-20-19(7,8)9)11-15(16(14)21)18(4,5)6/h10-11,20H,12H2,1-9H3. The van der Waals surface area contributed by atoms with Gasteiger partial charge in [-0.15, -0.1) is 0 Å². The monoisotopic (exact) mass is 290 g/mol. The van der Waals surface area contributed by atoms with E-state index < -0.39 is 0 Å². The summed E-state index contributed by atoms with van der Waals surface area (Å²) in [5.41, 5.74) is 2.84. The molecule has 0 aromatic heterocycles. The highest BCUT2D eigenvalue weighted by Gasteiger charge is 2.27. The van der Waals surface area contributed by atoms with Gasteiger partial charge in [-0.25, -0.2) is 0 Å². The van der Waals surface area contributed by atoms with Crippen LogP contribution >= 0.6 is 0 Å². The van der Waals surface area contributed by atoms with E-state index >= 15 is 0 Å². The number of nitrogens with one attached hydrogen (secondary N) is 1. The van der Waals surface area contributed by atoms with Crippen LogP contribution in [0.15, 0.2) is 12.1 Å². The molecule has 0 fully saturated rings. The molecule has 0 amide bonds. The Morgan fingerprint density at radius 3 is 1.48 bits per heavy atom. The fourth-order valence-corrected chi connectivity index (χ4v) is 2.27. The summed E-state index contributed by atoms with van der Waals surface area (Å²) in [6, 6.07) is 4.16. The first-order valence-corrected chi connectivity index (χ1v) is 7.82. The summed E-state index contributed by atoms with van der Waals surface area (Å²) in [4.78, 5) is 0. The number of rotatable bonds is 2. The molecular formula is C19H32NO. The Bertz CT molecular complexity index is 461. The third kappa shape index (κ3) is 5.03. The Morgan fingerprint density at radius 1 is 0.810 bits per heavy atom. The van der Waals surface area contributed by atoms with Gasteiger partial charge in [0.1, 0.15) is 0 Å². The fourth-order valence-electron chi connectivity index (χ4n) is 2.27. The van der Waals surface area contributed by atoms with Crippen molar-refractivity contribution in [3.8, 4) is 5.75 Å². The first kappa shape index (κ1) is 18.0. The molecular weight excluding hydrogens is 258 g/mol. The van der Waals surface area contributed by atoms with E-state index in [4.69, 9.17) is 0 Å². The van der Waals surface area contributed by atoms with Crippen molar-refractivity contribution in [2.24, 2.45) is 0 Å². The third-order valence-corrected chi connectivity index (χ3v) is 3.59. The fraction of sp³-hybridized carbons (Fsp3) is 0.684. The molecule has 119 valence electrons. The smallest absolute Gasteiger partial charge is 0.186 e. The quantitative estimate of drug-likeness (QED) is 0.786. The van der Waals surface area contributed by atoms with E-state index in [9.17, 15) is 5.11 Å². The van der Waals surface area contributed by atoms with Crippen LogP contribution in [-0.2, 0) is 22.5 Å². The van der Waals surface area contributed by atoms with Crippen LogP contribution in [0.3, 0.4) is 0 Å². The van der Waals surface area contributed by atoms with Crippen molar-refractivity contribution in [3.05, 3.63) is 28.8 Å². The van der Waals surface area contributed by atoms with Gasteiger partial charge in [0.15, 0.2) is 5.75 Å². The molecule has 0 unspecified atom stereocenters.